The lowest BCUT2D eigenvalue weighted by molar-refractivity contribution is -0.137. The lowest BCUT2D eigenvalue weighted by atomic mass is 10.1. The number of benzene rings is 1. The molecule has 3 rings (SSSR count). The molecule has 25 heavy (non-hydrogen) atoms. The van der Waals surface area contributed by atoms with Gasteiger partial charge in [0.1, 0.15) is 6.54 Å². The normalized spacial score (nSPS) is 15.9. The summed E-state index contributed by atoms with van der Waals surface area (Å²) in [5.74, 6) is -0.638. The summed E-state index contributed by atoms with van der Waals surface area (Å²) in [6.07, 6.45) is 5.26. The van der Waals surface area contributed by atoms with Gasteiger partial charge in [-0.05, 0) is 31.9 Å². The van der Waals surface area contributed by atoms with E-state index in [1.165, 1.54) is 10.2 Å². The highest BCUT2D eigenvalue weighted by molar-refractivity contribution is 8.01. The van der Waals surface area contributed by atoms with Crippen LogP contribution in [0.5, 0.6) is 0 Å². The summed E-state index contributed by atoms with van der Waals surface area (Å²) in [7, 11) is 0. The SMILES string of the molecule is Cc1ccc(SC2(C(=O)Nc3ccn(CC(=O)O)n3)CCCC2)cc1. The first-order valence-corrected chi connectivity index (χ1v) is 9.11. The summed E-state index contributed by atoms with van der Waals surface area (Å²) in [6, 6.07) is 9.83. The minimum atomic E-state index is -0.969. The van der Waals surface area contributed by atoms with Crippen molar-refractivity contribution < 1.29 is 14.7 Å². The Balaban J connectivity index is 1.73. The van der Waals surface area contributed by atoms with Gasteiger partial charge in [-0.1, -0.05) is 30.5 Å². The molecular formula is C18H21N3O3S. The molecule has 1 saturated carbocycles. The second kappa shape index (κ2) is 7.31. The van der Waals surface area contributed by atoms with Crippen LogP contribution in [0.15, 0.2) is 41.4 Å². The molecule has 1 fully saturated rings. The third-order valence-corrected chi connectivity index (χ3v) is 5.83. The first kappa shape index (κ1) is 17.5. The minimum Gasteiger partial charge on any atom is -0.480 e. The third-order valence-electron chi connectivity index (χ3n) is 4.34. The molecule has 2 aromatic rings. The van der Waals surface area contributed by atoms with Crippen LogP contribution in [0, 0.1) is 6.92 Å². The first-order valence-electron chi connectivity index (χ1n) is 8.29. The molecule has 132 valence electrons. The number of hydrogen-bond donors (Lipinski definition) is 2. The molecule has 1 aliphatic rings. The van der Waals surface area contributed by atoms with Crippen LogP contribution in [0.3, 0.4) is 0 Å². The first-order chi connectivity index (χ1) is 12.0. The van der Waals surface area contributed by atoms with Gasteiger partial charge in [-0.25, -0.2) is 0 Å². The van der Waals surface area contributed by atoms with E-state index in [1.807, 2.05) is 6.92 Å². The maximum atomic E-state index is 12.9. The Morgan fingerprint density at radius 2 is 1.92 bits per heavy atom. The average Bonchev–Trinajstić information content (AvgIpc) is 3.20. The van der Waals surface area contributed by atoms with Crippen molar-refractivity contribution in [2.24, 2.45) is 0 Å². The van der Waals surface area contributed by atoms with E-state index in [9.17, 15) is 9.59 Å². The number of nitrogens with one attached hydrogen (secondary N) is 1. The van der Waals surface area contributed by atoms with Crippen LogP contribution in [0.2, 0.25) is 0 Å². The van der Waals surface area contributed by atoms with Crippen molar-refractivity contribution in [3.63, 3.8) is 0 Å². The van der Waals surface area contributed by atoms with Gasteiger partial charge in [0.25, 0.3) is 0 Å². The molecule has 1 heterocycles. The van der Waals surface area contributed by atoms with E-state index in [1.54, 1.807) is 24.0 Å². The monoisotopic (exact) mass is 359 g/mol. The van der Waals surface area contributed by atoms with Crippen LogP contribution >= 0.6 is 11.8 Å². The van der Waals surface area contributed by atoms with Crippen molar-refractivity contribution in [1.82, 2.24) is 9.78 Å². The number of aromatic nitrogens is 2. The van der Waals surface area contributed by atoms with Crippen LogP contribution in [0.4, 0.5) is 5.82 Å². The van der Waals surface area contributed by atoms with Gasteiger partial charge in [0.2, 0.25) is 5.91 Å². The molecule has 0 saturated heterocycles. The Labute approximate surface area is 150 Å². The minimum absolute atomic E-state index is 0.0591. The number of aryl methyl sites for hydroxylation is 1. The zero-order chi connectivity index (χ0) is 17.9. The zero-order valence-corrected chi connectivity index (χ0v) is 14.9. The molecule has 1 amide bonds. The second-order valence-electron chi connectivity index (χ2n) is 6.36. The number of anilines is 1. The molecular weight excluding hydrogens is 338 g/mol. The number of amides is 1. The Hall–Kier alpha value is -2.28. The van der Waals surface area contributed by atoms with Gasteiger partial charge in [0.05, 0.1) is 4.75 Å². The molecule has 1 aromatic heterocycles. The molecule has 0 spiro atoms. The maximum absolute atomic E-state index is 12.9. The van der Waals surface area contributed by atoms with Crippen molar-refractivity contribution in [2.75, 3.05) is 5.32 Å². The molecule has 0 radical (unpaired) electrons. The number of carbonyl (C=O) groups excluding carboxylic acids is 1. The Kier molecular flexibility index (Phi) is 5.13. The molecule has 0 aliphatic heterocycles. The van der Waals surface area contributed by atoms with Crippen molar-refractivity contribution in [3.8, 4) is 0 Å². The van der Waals surface area contributed by atoms with E-state index >= 15 is 0 Å². The zero-order valence-electron chi connectivity index (χ0n) is 14.1. The van der Waals surface area contributed by atoms with E-state index in [4.69, 9.17) is 5.11 Å². The average molecular weight is 359 g/mol. The molecule has 1 aromatic carbocycles. The smallest absolute Gasteiger partial charge is 0.325 e. The van der Waals surface area contributed by atoms with E-state index in [0.29, 0.717) is 5.82 Å². The molecule has 6 nitrogen and oxygen atoms in total. The molecule has 2 N–H and O–H groups in total. The number of aliphatic carboxylic acids is 1. The molecule has 0 atom stereocenters. The van der Waals surface area contributed by atoms with Gasteiger partial charge >= 0.3 is 5.97 Å². The molecule has 0 unspecified atom stereocenters. The highest BCUT2D eigenvalue weighted by Gasteiger charge is 2.42. The van der Waals surface area contributed by atoms with E-state index < -0.39 is 10.7 Å². The number of carboxylic acid groups (broad SMARTS) is 1. The van der Waals surface area contributed by atoms with E-state index in [-0.39, 0.29) is 12.5 Å². The fourth-order valence-corrected chi connectivity index (χ4v) is 4.40. The molecule has 7 heteroatoms. The van der Waals surface area contributed by atoms with Crippen LogP contribution in [-0.4, -0.2) is 31.5 Å². The molecule has 0 bridgehead atoms. The number of carboxylic acids is 1. The Morgan fingerprint density at radius 3 is 2.56 bits per heavy atom. The van der Waals surface area contributed by atoms with Crippen LogP contribution in [-0.2, 0) is 16.1 Å². The number of hydrogen-bond acceptors (Lipinski definition) is 4. The quantitative estimate of drug-likeness (QED) is 0.826. The van der Waals surface area contributed by atoms with Crippen LogP contribution < -0.4 is 5.32 Å². The third kappa shape index (κ3) is 4.22. The predicted molar refractivity (Wildman–Crippen MR) is 96.7 cm³/mol. The van der Waals surface area contributed by atoms with Crippen molar-refractivity contribution >= 4 is 29.5 Å². The standard InChI is InChI=1S/C18H21N3O3S/c1-13-4-6-14(7-5-13)25-18(9-2-3-10-18)17(24)19-15-8-11-21(20-15)12-16(22)23/h4-8,11H,2-3,9-10,12H2,1H3,(H,22,23)(H,19,20,24). The van der Waals surface area contributed by atoms with E-state index in [0.717, 1.165) is 30.6 Å². The summed E-state index contributed by atoms with van der Waals surface area (Å²) < 4.78 is 0.804. The highest BCUT2D eigenvalue weighted by atomic mass is 32.2. The fraction of sp³-hybridized carbons (Fsp3) is 0.389. The summed E-state index contributed by atoms with van der Waals surface area (Å²) in [4.78, 5) is 24.8. The van der Waals surface area contributed by atoms with Crippen molar-refractivity contribution in [2.45, 2.75) is 48.8 Å². The van der Waals surface area contributed by atoms with Crippen molar-refractivity contribution in [1.29, 1.82) is 0 Å². The van der Waals surface area contributed by atoms with Crippen LogP contribution in [0.1, 0.15) is 31.2 Å². The van der Waals surface area contributed by atoms with Gasteiger partial charge in [0.15, 0.2) is 5.82 Å². The van der Waals surface area contributed by atoms with Gasteiger partial charge in [-0.2, -0.15) is 5.10 Å². The number of thioether (sulfide) groups is 1. The van der Waals surface area contributed by atoms with Gasteiger partial charge < -0.3 is 10.4 Å². The van der Waals surface area contributed by atoms with Gasteiger partial charge in [0, 0.05) is 17.2 Å². The lowest BCUT2D eigenvalue weighted by Crippen LogP contribution is -2.37. The largest absolute Gasteiger partial charge is 0.480 e. The van der Waals surface area contributed by atoms with E-state index in [2.05, 4.69) is 34.7 Å². The number of nitrogens with zero attached hydrogens (tertiary/aromatic N) is 2. The number of carbonyl (C=O) groups is 2. The number of rotatable bonds is 6. The maximum Gasteiger partial charge on any atom is 0.325 e. The Bertz CT molecular complexity index is 764. The van der Waals surface area contributed by atoms with Gasteiger partial charge in [-0.15, -0.1) is 11.8 Å². The topological polar surface area (TPSA) is 84.2 Å². The second-order valence-corrected chi connectivity index (χ2v) is 7.82. The summed E-state index contributed by atoms with van der Waals surface area (Å²) in [5.41, 5.74) is 1.19. The van der Waals surface area contributed by atoms with Crippen LogP contribution in [0.25, 0.3) is 0 Å². The summed E-state index contributed by atoms with van der Waals surface area (Å²) in [5, 5.41) is 15.8. The fourth-order valence-electron chi connectivity index (χ4n) is 3.04. The highest BCUT2D eigenvalue weighted by Crippen LogP contribution is 2.46. The lowest BCUT2D eigenvalue weighted by Gasteiger charge is -2.26. The summed E-state index contributed by atoms with van der Waals surface area (Å²) >= 11 is 1.61. The summed E-state index contributed by atoms with van der Waals surface area (Å²) in [6.45, 7) is 1.82. The molecule has 1 aliphatic carbocycles. The van der Waals surface area contributed by atoms with Crippen molar-refractivity contribution in [3.05, 3.63) is 42.1 Å². The van der Waals surface area contributed by atoms with Gasteiger partial charge in [-0.3, -0.25) is 14.3 Å². The predicted octanol–water partition coefficient (Wildman–Crippen LogP) is 3.32. The Morgan fingerprint density at radius 1 is 1.24 bits per heavy atom.